The van der Waals surface area contributed by atoms with Crippen molar-refractivity contribution < 1.29 is 12.8 Å². The summed E-state index contributed by atoms with van der Waals surface area (Å²) in [4.78, 5) is 3.17. The van der Waals surface area contributed by atoms with Crippen LogP contribution in [0.5, 0.6) is 0 Å². The van der Waals surface area contributed by atoms with Crippen molar-refractivity contribution in [2.75, 3.05) is 10.5 Å². The molecule has 102 valence electrons. The van der Waals surface area contributed by atoms with Crippen LogP contribution in [-0.4, -0.2) is 13.4 Å². The minimum absolute atomic E-state index is 0.0494. The van der Waals surface area contributed by atoms with Gasteiger partial charge in [0.1, 0.15) is 4.90 Å². The van der Waals surface area contributed by atoms with Crippen LogP contribution in [0.25, 0.3) is 0 Å². The molecule has 20 heavy (non-hydrogen) atoms. The van der Waals surface area contributed by atoms with Crippen LogP contribution in [0.4, 0.5) is 15.8 Å². The zero-order chi connectivity index (χ0) is 14.8. The van der Waals surface area contributed by atoms with Crippen molar-refractivity contribution in [3.8, 4) is 6.07 Å². The Hall–Kier alpha value is -2.66. The highest BCUT2D eigenvalue weighted by Gasteiger charge is 2.18. The average Bonchev–Trinajstić information content (AvgIpc) is 2.40. The van der Waals surface area contributed by atoms with Crippen LogP contribution in [-0.2, 0) is 10.0 Å². The molecule has 0 saturated heterocycles. The monoisotopic (exact) mass is 292 g/mol. The number of benzene rings is 1. The number of pyridine rings is 1. The molecule has 0 unspecified atom stereocenters. The lowest BCUT2D eigenvalue weighted by Crippen LogP contribution is -2.15. The summed E-state index contributed by atoms with van der Waals surface area (Å²) in [7, 11) is -3.93. The Morgan fingerprint density at radius 2 is 2.05 bits per heavy atom. The van der Waals surface area contributed by atoms with Crippen molar-refractivity contribution in [2.45, 2.75) is 4.90 Å². The summed E-state index contributed by atoms with van der Waals surface area (Å²) in [5, 5.41) is 8.70. The first-order valence-corrected chi connectivity index (χ1v) is 6.85. The Bertz CT molecular complexity index is 782. The van der Waals surface area contributed by atoms with Gasteiger partial charge in [-0.1, -0.05) is 0 Å². The van der Waals surface area contributed by atoms with E-state index >= 15 is 0 Å². The van der Waals surface area contributed by atoms with Crippen molar-refractivity contribution in [3.05, 3.63) is 48.0 Å². The second kappa shape index (κ2) is 5.14. The van der Waals surface area contributed by atoms with Crippen molar-refractivity contribution in [3.63, 3.8) is 0 Å². The van der Waals surface area contributed by atoms with Crippen LogP contribution < -0.4 is 10.5 Å². The number of hydrogen-bond donors (Lipinski definition) is 2. The minimum Gasteiger partial charge on any atom is -0.398 e. The van der Waals surface area contributed by atoms with E-state index in [9.17, 15) is 12.8 Å². The third-order valence-electron chi connectivity index (χ3n) is 2.41. The zero-order valence-electron chi connectivity index (χ0n) is 10.0. The zero-order valence-corrected chi connectivity index (χ0v) is 10.9. The standard InChI is InChI=1S/C12H9FN4O2S/c13-12-4-2-9(7-16-12)17-20(18,19)11-3-1-8(6-14)5-10(11)15/h1-5,7,17H,15H2. The van der Waals surface area contributed by atoms with Gasteiger partial charge in [-0.2, -0.15) is 9.65 Å². The van der Waals surface area contributed by atoms with Crippen molar-refractivity contribution in [1.82, 2.24) is 4.98 Å². The quantitative estimate of drug-likeness (QED) is 0.657. The Balaban J connectivity index is 2.36. The van der Waals surface area contributed by atoms with E-state index in [1.807, 2.05) is 6.07 Å². The van der Waals surface area contributed by atoms with Gasteiger partial charge in [0.05, 0.1) is 29.2 Å². The molecule has 1 heterocycles. The fourth-order valence-corrected chi connectivity index (χ4v) is 2.67. The smallest absolute Gasteiger partial charge is 0.263 e. The summed E-state index contributed by atoms with van der Waals surface area (Å²) in [6.07, 6.45) is 1.05. The molecule has 2 rings (SSSR count). The Labute approximate surface area is 114 Å². The minimum atomic E-state index is -3.93. The maximum Gasteiger partial charge on any atom is 0.263 e. The lowest BCUT2D eigenvalue weighted by atomic mass is 10.2. The highest BCUT2D eigenvalue weighted by molar-refractivity contribution is 7.92. The predicted molar refractivity (Wildman–Crippen MR) is 70.6 cm³/mol. The molecule has 3 N–H and O–H groups in total. The van der Waals surface area contributed by atoms with Crippen LogP contribution in [0.1, 0.15) is 5.56 Å². The molecule has 0 aliphatic carbocycles. The van der Waals surface area contributed by atoms with Gasteiger partial charge in [0.25, 0.3) is 10.0 Å². The first-order valence-electron chi connectivity index (χ1n) is 5.36. The second-order valence-corrected chi connectivity index (χ2v) is 5.49. The molecule has 0 fully saturated rings. The van der Waals surface area contributed by atoms with Gasteiger partial charge >= 0.3 is 0 Å². The van der Waals surface area contributed by atoms with E-state index in [2.05, 4.69) is 9.71 Å². The highest BCUT2D eigenvalue weighted by Crippen LogP contribution is 2.22. The van der Waals surface area contributed by atoms with E-state index in [0.717, 1.165) is 12.3 Å². The average molecular weight is 292 g/mol. The number of rotatable bonds is 3. The molecule has 0 aliphatic rings. The summed E-state index contributed by atoms with van der Waals surface area (Å²) in [6, 6.07) is 7.95. The van der Waals surface area contributed by atoms with E-state index in [4.69, 9.17) is 11.0 Å². The summed E-state index contributed by atoms with van der Waals surface area (Å²) < 4.78 is 39.1. The van der Waals surface area contributed by atoms with Crippen LogP contribution in [0.2, 0.25) is 0 Å². The van der Waals surface area contributed by atoms with Crippen molar-refractivity contribution in [2.24, 2.45) is 0 Å². The number of nitrogens with two attached hydrogens (primary N) is 1. The number of nitriles is 1. The SMILES string of the molecule is N#Cc1ccc(S(=O)(=O)Nc2ccc(F)nc2)c(N)c1. The van der Waals surface area contributed by atoms with E-state index in [1.165, 1.54) is 24.3 Å². The molecule has 2 aromatic rings. The third kappa shape index (κ3) is 2.84. The predicted octanol–water partition coefficient (Wildman–Crippen LogP) is 1.48. The maximum atomic E-state index is 12.7. The number of halogens is 1. The number of nitrogens with zero attached hydrogens (tertiary/aromatic N) is 2. The van der Waals surface area contributed by atoms with Gasteiger partial charge in [-0.05, 0) is 30.3 Å². The van der Waals surface area contributed by atoms with Crippen LogP contribution in [0, 0.1) is 17.3 Å². The van der Waals surface area contributed by atoms with E-state index in [-0.39, 0.29) is 21.8 Å². The topological polar surface area (TPSA) is 109 Å². The fraction of sp³-hybridized carbons (Fsp3) is 0. The molecular weight excluding hydrogens is 283 g/mol. The third-order valence-corrected chi connectivity index (χ3v) is 3.86. The van der Waals surface area contributed by atoms with Crippen molar-refractivity contribution in [1.29, 1.82) is 5.26 Å². The Kier molecular flexibility index (Phi) is 3.54. The number of sulfonamides is 1. The first kappa shape index (κ1) is 13.8. The van der Waals surface area contributed by atoms with Crippen molar-refractivity contribution >= 4 is 21.4 Å². The van der Waals surface area contributed by atoms with Gasteiger partial charge in [0.15, 0.2) is 0 Å². The van der Waals surface area contributed by atoms with E-state index in [0.29, 0.717) is 0 Å². The number of hydrogen-bond acceptors (Lipinski definition) is 5. The first-order chi connectivity index (χ1) is 9.42. The summed E-state index contributed by atoms with van der Waals surface area (Å²) >= 11 is 0. The number of anilines is 2. The van der Waals surface area contributed by atoms with Gasteiger partial charge in [0, 0.05) is 0 Å². The maximum absolute atomic E-state index is 12.7. The second-order valence-electron chi connectivity index (χ2n) is 3.84. The van der Waals surface area contributed by atoms with Crippen LogP contribution in [0.3, 0.4) is 0 Å². The number of nitrogens with one attached hydrogen (secondary N) is 1. The molecule has 0 spiro atoms. The number of nitrogen functional groups attached to an aromatic ring is 1. The van der Waals surface area contributed by atoms with E-state index < -0.39 is 16.0 Å². The molecule has 6 nitrogen and oxygen atoms in total. The lowest BCUT2D eigenvalue weighted by molar-refractivity contribution is 0.583. The van der Waals surface area contributed by atoms with E-state index in [1.54, 1.807) is 0 Å². The molecule has 0 atom stereocenters. The lowest BCUT2D eigenvalue weighted by Gasteiger charge is -2.09. The molecule has 1 aromatic carbocycles. The molecule has 0 bridgehead atoms. The Morgan fingerprint density at radius 3 is 2.60 bits per heavy atom. The normalized spacial score (nSPS) is 10.8. The molecule has 0 radical (unpaired) electrons. The van der Waals surface area contributed by atoms with Gasteiger partial charge < -0.3 is 5.73 Å². The highest BCUT2D eigenvalue weighted by atomic mass is 32.2. The van der Waals surface area contributed by atoms with Gasteiger partial charge in [-0.25, -0.2) is 13.4 Å². The fourth-order valence-electron chi connectivity index (χ4n) is 1.51. The molecule has 0 aliphatic heterocycles. The van der Waals surface area contributed by atoms with Crippen LogP contribution in [0.15, 0.2) is 41.4 Å². The summed E-state index contributed by atoms with van der Waals surface area (Å²) in [5.41, 5.74) is 5.93. The summed E-state index contributed by atoms with van der Waals surface area (Å²) in [5.74, 6) is -0.717. The summed E-state index contributed by atoms with van der Waals surface area (Å²) in [6.45, 7) is 0. The van der Waals surface area contributed by atoms with Gasteiger partial charge in [-0.3, -0.25) is 4.72 Å². The number of aromatic nitrogens is 1. The van der Waals surface area contributed by atoms with Gasteiger partial charge in [-0.15, -0.1) is 0 Å². The van der Waals surface area contributed by atoms with Gasteiger partial charge in [0.2, 0.25) is 5.95 Å². The largest absolute Gasteiger partial charge is 0.398 e. The molecule has 0 amide bonds. The molecule has 8 heteroatoms. The van der Waals surface area contributed by atoms with Crippen LogP contribution >= 0.6 is 0 Å². The molecular formula is C12H9FN4O2S. The molecule has 1 aromatic heterocycles. The molecule has 0 saturated carbocycles. The Morgan fingerprint density at radius 1 is 1.30 bits per heavy atom.